The molecule has 9 heteroatoms. The predicted octanol–water partition coefficient (Wildman–Crippen LogP) is 1.18. The Morgan fingerprint density at radius 3 is 2.95 bits per heavy atom. The van der Waals surface area contributed by atoms with Crippen molar-refractivity contribution in [3.63, 3.8) is 0 Å². The molecule has 106 valence electrons. The van der Waals surface area contributed by atoms with Gasteiger partial charge in [0, 0.05) is 25.1 Å². The lowest BCUT2D eigenvalue weighted by Crippen LogP contribution is -2.35. The molecule has 3 rings (SSSR count). The molecule has 3 heterocycles. The van der Waals surface area contributed by atoms with Crippen molar-refractivity contribution in [2.24, 2.45) is 0 Å². The Hall–Kier alpha value is -1.71. The van der Waals surface area contributed by atoms with E-state index in [2.05, 4.69) is 5.16 Å². The molecule has 0 aliphatic carbocycles. The van der Waals surface area contributed by atoms with Crippen LogP contribution in [0, 0.1) is 0 Å². The van der Waals surface area contributed by atoms with Gasteiger partial charge >= 0.3 is 5.97 Å². The van der Waals surface area contributed by atoms with Crippen LogP contribution in [-0.4, -0.2) is 35.5 Å². The summed E-state index contributed by atoms with van der Waals surface area (Å²) in [6, 6.07) is 3.19. The average Bonchev–Trinajstić information content (AvgIpc) is 3.07. The SMILES string of the molecule is O=C(O)c1noc2c1CN(S(=O)(=O)c1cccs1)CC2. The molecule has 1 aliphatic rings. The fourth-order valence-corrected chi connectivity index (χ4v) is 4.65. The van der Waals surface area contributed by atoms with Gasteiger partial charge in [0.15, 0.2) is 5.69 Å². The number of hydrogen-bond acceptors (Lipinski definition) is 6. The lowest BCUT2D eigenvalue weighted by Gasteiger charge is -2.24. The summed E-state index contributed by atoms with van der Waals surface area (Å²) in [5, 5.41) is 14.2. The summed E-state index contributed by atoms with van der Waals surface area (Å²) in [4.78, 5) is 11.0. The Labute approximate surface area is 118 Å². The second kappa shape index (κ2) is 4.69. The first-order valence-electron chi connectivity index (χ1n) is 5.74. The third-order valence-electron chi connectivity index (χ3n) is 3.08. The normalized spacial score (nSPS) is 16.0. The summed E-state index contributed by atoms with van der Waals surface area (Å²) >= 11 is 1.13. The highest BCUT2D eigenvalue weighted by Crippen LogP contribution is 2.28. The van der Waals surface area contributed by atoms with Crippen molar-refractivity contribution in [3.8, 4) is 0 Å². The van der Waals surface area contributed by atoms with Gasteiger partial charge < -0.3 is 9.63 Å². The van der Waals surface area contributed by atoms with Crippen LogP contribution in [0.3, 0.4) is 0 Å². The highest BCUT2D eigenvalue weighted by molar-refractivity contribution is 7.91. The summed E-state index contributed by atoms with van der Waals surface area (Å²) in [6.45, 7) is 0.224. The number of thiophene rings is 1. The van der Waals surface area contributed by atoms with Gasteiger partial charge in [-0.05, 0) is 11.4 Å². The van der Waals surface area contributed by atoms with Crippen LogP contribution in [-0.2, 0) is 23.0 Å². The van der Waals surface area contributed by atoms with E-state index in [9.17, 15) is 13.2 Å². The van der Waals surface area contributed by atoms with E-state index in [1.807, 2.05) is 0 Å². The van der Waals surface area contributed by atoms with Gasteiger partial charge in [-0.1, -0.05) is 11.2 Å². The monoisotopic (exact) mass is 314 g/mol. The van der Waals surface area contributed by atoms with Crippen LogP contribution in [0.4, 0.5) is 0 Å². The second-order valence-corrected chi connectivity index (χ2v) is 7.37. The van der Waals surface area contributed by atoms with Crippen LogP contribution in [0.1, 0.15) is 21.8 Å². The maximum atomic E-state index is 12.4. The lowest BCUT2D eigenvalue weighted by atomic mass is 10.1. The topological polar surface area (TPSA) is 101 Å². The van der Waals surface area contributed by atoms with Crippen molar-refractivity contribution in [3.05, 3.63) is 34.5 Å². The highest BCUT2D eigenvalue weighted by Gasteiger charge is 2.34. The fraction of sp³-hybridized carbons (Fsp3) is 0.273. The van der Waals surface area contributed by atoms with Crippen LogP contribution in [0.2, 0.25) is 0 Å². The molecule has 0 saturated heterocycles. The molecule has 1 N–H and O–H groups in total. The zero-order chi connectivity index (χ0) is 14.3. The van der Waals surface area contributed by atoms with Gasteiger partial charge in [0.2, 0.25) is 0 Å². The first-order chi connectivity index (χ1) is 9.50. The predicted molar refractivity (Wildman–Crippen MR) is 69.1 cm³/mol. The molecule has 0 aromatic carbocycles. The quantitative estimate of drug-likeness (QED) is 0.913. The number of sulfonamides is 1. The molecular formula is C11H10N2O5S2. The van der Waals surface area contributed by atoms with Crippen molar-refractivity contribution in [2.45, 2.75) is 17.2 Å². The molecule has 0 bridgehead atoms. The molecule has 0 amide bonds. The van der Waals surface area contributed by atoms with E-state index in [1.165, 1.54) is 10.4 Å². The first-order valence-corrected chi connectivity index (χ1v) is 8.06. The largest absolute Gasteiger partial charge is 0.476 e. The first kappa shape index (κ1) is 13.3. The van der Waals surface area contributed by atoms with E-state index in [-0.39, 0.29) is 23.0 Å². The van der Waals surface area contributed by atoms with Gasteiger partial charge in [-0.3, -0.25) is 0 Å². The van der Waals surface area contributed by atoms with E-state index in [0.29, 0.717) is 17.7 Å². The van der Waals surface area contributed by atoms with Crippen LogP contribution in [0.25, 0.3) is 0 Å². The zero-order valence-corrected chi connectivity index (χ0v) is 11.8. The molecule has 0 radical (unpaired) electrons. The number of carboxylic acids is 1. The molecule has 0 atom stereocenters. The molecule has 2 aromatic rings. The zero-order valence-electron chi connectivity index (χ0n) is 10.1. The summed E-state index contributed by atoms with van der Waals surface area (Å²) in [5.74, 6) is -0.773. The molecule has 0 fully saturated rings. The summed E-state index contributed by atoms with van der Waals surface area (Å²) in [7, 11) is -3.59. The minimum atomic E-state index is -3.59. The second-order valence-electron chi connectivity index (χ2n) is 4.26. The molecule has 20 heavy (non-hydrogen) atoms. The molecule has 0 saturated carbocycles. The van der Waals surface area contributed by atoms with Crippen molar-refractivity contribution in [1.29, 1.82) is 0 Å². The van der Waals surface area contributed by atoms with E-state index in [0.717, 1.165) is 11.3 Å². The summed E-state index contributed by atoms with van der Waals surface area (Å²) < 4.78 is 31.2. The average molecular weight is 314 g/mol. The van der Waals surface area contributed by atoms with Crippen LogP contribution < -0.4 is 0 Å². The van der Waals surface area contributed by atoms with Crippen molar-refractivity contribution < 1.29 is 22.8 Å². The maximum Gasteiger partial charge on any atom is 0.358 e. The number of aromatic carboxylic acids is 1. The van der Waals surface area contributed by atoms with Crippen molar-refractivity contribution >= 4 is 27.3 Å². The molecule has 0 unspecified atom stereocenters. The highest BCUT2D eigenvalue weighted by atomic mass is 32.2. The lowest BCUT2D eigenvalue weighted by molar-refractivity contribution is 0.0684. The standard InChI is InChI=1S/C11H10N2O5S2/c14-11(15)10-7-6-13(4-3-8(7)18-12-10)20(16,17)9-2-1-5-19-9/h1-2,5H,3-4,6H2,(H,14,15). The smallest absolute Gasteiger partial charge is 0.358 e. The van der Waals surface area contributed by atoms with Gasteiger partial charge in [-0.2, -0.15) is 4.31 Å². The minimum Gasteiger partial charge on any atom is -0.476 e. The Morgan fingerprint density at radius 2 is 2.30 bits per heavy atom. The molecule has 2 aromatic heterocycles. The molecule has 7 nitrogen and oxygen atoms in total. The Bertz CT molecular complexity index is 748. The van der Waals surface area contributed by atoms with Gasteiger partial charge in [0.1, 0.15) is 9.97 Å². The number of nitrogens with zero attached hydrogens (tertiary/aromatic N) is 2. The third-order valence-corrected chi connectivity index (χ3v) is 6.30. The van der Waals surface area contributed by atoms with Gasteiger partial charge in [-0.25, -0.2) is 13.2 Å². The third kappa shape index (κ3) is 2.03. The van der Waals surface area contributed by atoms with Gasteiger partial charge in [0.05, 0.1) is 0 Å². The number of carboxylic acid groups (broad SMARTS) is 1. The van der Waals surface area contributed by atoms with Gasteiger partial charge in [0.25, 0.3) is 10.0 Å². The molecule has 0 spiro atoms. The van der Waals surface area contributed by atoms with E-state index in [4.69, 9.17) is 9.63 Å². The fourth-order valence-electron chi connectivity index (χ4n) is 2.10. The minimum absolute atomic E-state index is 0.0271. The summed E-state index contributed by atoms with van der Waals surface area (Å²) in [6.07, 6.45) is 0.320. The van der Waals surface area contributed by atoms with Crippen LogP contribution in [0.5, 0.6) is 0 Å². The number of hydrogen-bond donors (Lipinski definition) is 1. The van der Waals surface area contributed by atoms with E-state index >= 15 is 0 Å². The van der Waals surface area contributed by atoms with Gasteiger partial charge in [-0.15, -0.1) is 11.3 Å². The van der Waals surface area contributed by atoms with Crippen molar-refractivity contribution in [1.82, 2.24) is 9.46 Å². The van der Waals surface area contributed by atoms with Crippen molar-refractivity contribution in [2.75, 3.05) is 6.54 Å². The number of fused-ring (bicyclic) bond motifs is 1. The summed E-state index contributed by atoms with van der Waals surface area (Å²) in [5.41, 5.74) is 0.120. The molecular weight excluding hydrogens is 304 g/mol. The number of carbonyl (C=O) groups is 1. The van der Waals surface area contributed by atoms with E-state index in [1.54, 1.807) is 11.4 Å². The molecule has 1 aliphatic heterocycles. The number of rotatable bonds is 3. The Kier molecular flexibility index (Phi) is 3.11. The number of aromatic nitrogens is 1. The Balaban J connectivity index is 1.96. The van der Waals surface area contributed by atoms with E-state index < -0.39 is 16.0 Å². The van der Waals surface area contributed by atoms with Crippen LogP contribution >= 0.6 is 11.3 Å². The Morgan fingerprint density at radius 1 is 1.50 bits per heavy atom. The maximum absolute atomic E-state index is 12.4. The van der Waals surface area contributed by atoms with Crippen LogP contribution in [0.15, 0.2) is 26.2 Å².